The third-order valence-electron chi connectivity index (χ3n) is 2.86. The van der Waals surface area contributed by atoms with Crippen LogP contribution in [0.5, 0.6) is 5.75 Å². The van der Waals surface area contributed by atoms with E-state index in [1.54, 1.807) is 11.8 Å². The molecule has 0 bridgehead atoms. The summed E-state index contributed by atoms with van der Waals surface area (Å²) in [5.74, 6) is 0.800. The molecule has 19 heavy (non-hydrogen) atoms. The van der Waals surface area contributed by atoms with Gasteiger partial charge in [-0.15, -0.1) is 0 Å². The summed E-state index contributed by atoms with van der Waals surface area (Å²) in [5, 5.41) is 4.87. The molecule has 5 heteroatoms. The lowest BCUT2D eigenvalue weighted by atomic mass is 10.2. The summed E-state index contributed by atoms with van der Waals surface area (Å²) in [7, 11) is 3.49. The van der Waals surface area contributed by atoms with Gasteiger partial charge in [-0.25, -0.2) is 0 Å². The molecule has 0 unspecified atom stereocenters. The number of hydrogen-bond acceptors (Lipinski definition) is 3. The zero-order valence-electron chi connectivity index (χ0n) is 11.3. The Labute approximate surface area is 117 Å². The summed E-state index contributed by atoms with van der Waals surface area (Å²) in [6.07, 6.45) is 0. The number of benzene rings is 1. The van der Waals surface area contributed by atoms with Gasteiger partial charge in [0.15, 0.2) is 0 Å². The molecular formula is C14H17ClN2O2. The number of ether oxygens (including phenoxy) is 2. The van der Waals surface area contributed by atoms with Gasteiger partial charge in [0.1, 0.15) is 17.5 Å². The van der Waals surface area contributed by atoms with Gasteiger partial charge in [0, 0.05) is 19.7 Å². The van der Waals surface area contributed by atoms with E-state index >= 15 is 0 Å². The number of aryl methyl sites for hydroxylation is 2. The number of rotatable bonds is 5. The van der Waals surface area contributed by atoms with Gasteiger partial charge in [0.05, 0.1) is 12.3 Å². The minimum atomic E-state index is 0.412. The normalized spacial score (nSPS) is 10.7. The molecule has 0 spiro atoms. The first-order valence-electron chi connectivity index (χ1n) is 6.00. The van der Waals surface area contributed by atoms with Crippen molar-refractivity contribution in [2.75, 3.05) is 7.11 Å². The van der Waals surface area contributed by atoms with Crippen molar-refractivity contribution < 1.29 is 9.47 Å². The molecule has 1 heterocycles. The van der Waals surface area contributed by atoms with E-state index in [9.17, 15) is 0 Å². The van der Waals surface area contributed by atoms with E-state index in [0.717, 1.165) is 22.6 Å². The zero-order chi connectivity index (χ0) is 13.8. The standard InChI is InChI=1S/C14H17ClN2O2/c1-10-13(14(15)17(2)16-10)9-19-12-6-4-5-11(7-12)8-18-3/h4-7H,8-9H2,1-3H3. The van der Waals surface area contributed by atoms with E-state index in [4.69, 9.17) is 21.1 Å². The topological polar surface area (TPSA) is 36.3 Å². The van der Waals surface area contributed by atoms with Crippen LogP contribution in [0.4, 0.5) is 0 Å². The molecule has 1 aromatic heterocycles. The van der Waals surface area contributed by atoms with Crippen LogP contribution in [0.2, 0.25) is 5.15 Å². The lowest BCUT2D eigenvalue weighted by Gasteiger charge is -2.08. The predicted molar refractivity (Wildman–Crippen MR) is 74.4 cm³/mol. The van der Waals surface area contributed by atoms with Crippen LogP contribution in [-0.2, 0) is 25.0 Å². The molecule has 102 valence electrons. The number of nitrogens with zero attached hydrogens (tertiary/aromatic N) is 2. The van der Waals surface area contributed by atoms with Crippen LogP contribution in [0.1, 0.15) is 16.8 Å². The summed E-state index contributed by atoms with van der Waals surface area (Å²) >= 11 is 6.16. The molecule has 2 rings (SSSR count). The van der Waals surface area contributed by atoms with Gasteiger partial charge in [-0.1, -0.05) is 23.7 Å². The van der Waals surface area contributed by atoms with Gasteiger partial charge in [0.25, 0.3) is 0 Å². The van der Waals surface area contributed by atoms with Crippen LogP contribution in [-0.4, -0.2) is 16.9 Å². The van der Waals surface area contributed by atoms with Crippen molar-refractivity contribution in [2.45, 2.75) is 20.1 Å². The quantitative estimate of drug-likeness (QED) is 0.844. The van der Waals surface area contributed by atoms with E-state index in [0.29, 0.717) is 18.4 Å². The summed E-state index contributed by atoms with van der Waals surface area (Å²) in [6.45, 7) is 2.91. The molecule has 0 fully saturated rings. The van der Waals surface area contributed by atoms with Gasteiger partial charge in [-0.3, -0.25) is 4.68 Å². The van der Waals surface area contributed by atoms with Gasteiger partial charge < -0.3 is 9.47 Å². The first-order valence-corrected chi connectivity index (χ1v) is 6.38. The highest BCUT2D eigenvalue weighted by Crippen LogP contribution is 2.21. The number of halogens is 1. The van der Waals surface area contributed by atoms with Crippen molar-refractivity contribution in [1.82, 2.24) is 9.78 Å². The van der Waals surface area contributed by atoms with Crippen LogP contribution >= 0.6 is 11.6 Å². The van der Waals surface area contributed by atoms with E-state index in [-0.39, 0.29) is 0 Å². The van der Waals surface area contributed by atoms with Gasteiger partial charge in [-0.2, -0.15) is 5.10 Å². The first kappa shape index (κ1) is 13.9. The van der Waals surface area contributed by atoms with Crippen molar-refractivity contribution >= 4 is 11.6 Å². The molecule has 0 N–H and O–H groups in total. The van der Waals surface area contributed by atoms with Gasteiger partial charge in [0.2, 0.25) is 0 Å². The second-order valence-electron chi connectivity index (χ2n) is 4.35. The molecule has 0 radical (unpaired) electrons. The maximum absolute atomic E-state index is 6.16. The SMILES string of the molecule is COCc1cccc(OCc2c(C)nn(C)c2Cl)c1. The summed E-state index contributed by atoms with van der Waals surface area (Å²) in [5.41, 5.74) is 2.89. The van der Waals surface area contributed by atoms with E-state index in [2.05, 4.69) is 5.10 Å². The minimum absolute atomic E-state index is 0.412. The molecule has 0 aliphatic heterocycles. The van der Waals surface area contributed by atoms with Crippen LogP contribution in [0, 0.1) is 6.92 Å². The van der Waals surface area contributed by atoms with E-state index in [1.807, 2.05) is 38.2 Å². The van der Waals surface area contributed by atoms with Crippen molar-refractivity contribution in [3.63, 3.8) is 0 Å². The second kappa shape index (κ2) is 6.08. The van der Waals surface area contributed by atoms with Crippen molar-refractivity contribution in [1.29, 1.82) is 0 Å². The summed E-state index contributed by atoms with van der Waals surface area (Å²) < 4.78 is 12.5. The molecule has 2 aromatic rings. The Balaban J connectivity index is 2.08. The molecular weight excluding hydrogens is 264 g/mol. The Morgan fingerprint density at radius 3 is 2.74 bits per heavy atom. The number of hydrogen-bond donors (Lipinski definition) is 0. The zero-order valence-corrected chi connectivity index (χ0v) is 12.1. The molecule has 0 aliphatic rings. The fraction of sp³-hybridized carbons (Fsp3) is 0.357. The van der Waals surface area contributed by atoms with E-state index < -0.39 is 0 Å². The van der Waals surface area contributed by atoms with E-state index in [1.165, 1.54) is 0 Å². The van der Waals surface area contributed by atoms with Gasteiger partial charge >= 0.3 is 0 Å². The minimum Gasteiger partial charge on any atom is -0.489 e. The van der Waals surface area contributed by atoms with Crippen molar-refractivity contribution in [3.05, 3.63) is 46.2 Å². The highest BCUT2D eigenvalue weighted by Gasteiger charge is 2.11. The third kappa shape index (κ3) is 3.28. The first-order chi connectivity index (χ1) is 9.11. The fourth-order valence-corrected chi connectivity index (χ4v) is 2.11. The fourth-order valence-electron chi connectivity index (χ4n) is 1.89. The largest absolute Gasteiger partial charge is 0.489 e. The lowest BCUT2D eigenvalue weighted by Crippen LogP contribution is -1.98. The Hall–Kier alpha value is -1.52. The Morgan fingerprint density at radius 1 is 1.32 bits per heavy atom. The average molecular weight is 281 g/mol. The maximum atomic E-state index is 6.16. The smallest absolute Gasteiger partial charge is 0.133 e. The Kier molecular flexibility index (Phi) is 4.45. The monoisotopic (exact) mass is 280 g/mol. The molecule has 0 saturated carbocycles. The molecule has 0 amide bonds. The lowest BCUT2D eigenvalue weighted by molar-refractivity contribution is 0.184. The molecule has 0 saturated heterocycles. The highest BCUT2D eigenvalue weighted by molar-refractivity contribution is 6.30. The average Bonchev–Trinajstić information content (AvgIpc) is 2.62. The Morgan fingerprint density at radius 2 is 2.11 bits per heavy atom. The van der Waals surface area contributed by atoms with Crippen LogP contribution < -0.4 is 4.74 Å². The number of aromatic nitrogens is 2. The molecule has 1 aromatic carbocycles. The molecule has 0 aliphatic carbocycles. The molecule has 4 nitrogen and oxygen atoms in total. The highest BCUT2D eigenvalue weighted by atomic mass is 35.5. The van der Waals surface area contributed by atoms with Crippen molar-refractivity contribution in [2.24, 2.45) is 7.05 Å². The second-order valence-corrected chi connectivity index (χ2v) is 4.71. The Bertz CT molecular complexity index is 567. The summed E-state index contributed by atoms with van der Waals surface area (Å²) in [6, 6.07) is 7.82. The third-order valence-corrected chi connectivity index (χ3v) is 3.34. The number of methoxy groups -OCH3 is 1. The predicted octanol–water partition coefficient (Wildman–Crippen LogP) is 3.11. The summed E-state index contributed by atoms with van der Waals surface area (Å²) in [4.78, 5) is 0. The van der Waals surface area contributed by atoms with Crippen molar-refractivity contribution in [3.8, 4) is 5.75 Å². The van der Waals surface area contributed by atoms with Crippen LogP contribution in [0.15, 0.2) is 24.3 Å². The molecule has 0 atom stereocenters. The van der Waals surface area contributed by atoms with Crippen LogP contribution in [0.25, 0.3) is 0 Å². The van der Waals surface area contributed by atoms with Crippen LogP contribution in [0.3, 0.4) is 0 Å². The van der Waals surface area contributed by atoms with Gasteiger partial charge in [-0.05, 0) is 24.6 Å². The maximum Gasteiger partial charge on any atom is 0.133 e.